The molecule has 1 aromatic rings. The van der Waals surface area contributed by atoms with Crippen LogP contribution in [0.25, 0.3) is 6.08 Å². The molecule has 1 aromatic carbocycles. The molecule has 0 radical (unpaired) electrons. The molecule has 2 rings (SSSR count). The first-order valence-electron chi connectivity index (χ1n) is 6.10. The van der Waals surface area contributed by atoms with Crippen molar-refractivity contribution in [3.8, 4) is 0 Å². The monoisotopic (exact) mass is 216 g/mol. The second kappa shape index (κ2) is 4.42. The summed E-state index contributed by atoms with van der Waals surface area (Å²) >= 11 is 0. The van der Waals surface area contributed by atoms with Crippen molar-refractivity contribution in [3.63, 3.8) is 0 Å². The van der Waals surface area contributed by atoms with Gasteiger partial charge in [0.15, 0.2) is 0 Å². The summed E-state index contributed by atoms with van der Waals surface area (Å²) < 4.78 is 0. The highest BCUT2D eigenvalue weighted by molar-refractivity contribution is 5.47. The third-order valence-electron chi connectivity index (χ3n) is 3.88. The maximum absolute atomic E-state index is 10.6. The van der Waals surface area contributed by atoms with Gasteiger partial charge in [-0.1, -0.05) is 49.8 Å². The van der Waals surface area contributed by atoms with E-state index in [0.717, 1.165) is 24.0 Å². The van der Waals surface area contributed by atoms with Crippen molar-refractivity contribution in [3.05, 3.63) is 42.0 Å². The van der Waals surface area contributed by atoms with Gasteiger partial charge in [0.05, 0.1) is 5.60 Å². The number of aliphatic hydroxyl groups is 1. The minimum atomic E-state index is -0.670. The molecule has 1 fully saturated rings. The van der Waals surface area contributed by atoms with Crippen molar-refractivity contribution < 1.29 is 5.11 Å². The summed E-state index contributed by atoms with van der Waals surface area (Å²) in [4.78, 5) is 0. The van der Waals surface area contributed by atoms with E-state index in [-0.39, 0.29) is 0 Å². The molecule has 0 aliphatic heterocycles. The Morgan fingerprint density at radius 2 is 1.81 bits per heavy atom. The highest BCUT2D eigenvalue weighted by Gasteiger charge is 2.35. The summed E-state index contributed by atoms with van der Waals surface area (Å²) in [6, 6.07) is 8.09. The van der Waals surface area contributed by atoms with Gasteiger partial charge in [0.1, 0.15) is 0 Å². The third kappa shape index (κ3) is 2.05. The molecule has 0 amide bonds. The number of benzene rings is 1. The van der Waals surface area contributed by atoms with E-state index in [1.54, 1.807) is 0 Å². The van der Waals surface area contributed by atoms with Crippen molar-refractivity contribution >= 4 is 6.08 Å². The molecule has 1 saturated carbocycles. The predicted octanol–water partition coefficient (Wildman–Crippen LogP) is 3.73. The highest BCUT2D eigenvalue weighted by Crippen LogP contribution is 2.40. The first-order valence-corrected chi connectivity index (χ1v) is 6.10. The maximum atomic E-state index is 10.6. The molecule has 0 saturated heterocycles. The summed E-state index contributed by atoms with van der Waals surface area (Å²) in [7, 11) is 0. The normalized spacial score (nSPS) is 20.6. The van der Waals surface area contributed by atoms with E-state index in [9.17, 15) is 5.11 Å². The van der Waals surface area contributed by atoms with Gasteiger partial charge in [-0.15, -0.1) is 0 Å². The van der Waals surface area contributed by atoms with Gasteiger partial charge < -0.3 is 5.11 Å². The quantitative estimate of drug-likeness (QED) is 0.816. The first-order chi connectivity index (χ1) is 7.64. The molecule has 1 aliphatic rings. The lowest BCUT2D eigenvalue weighted by Crippen LogP contribution is -2.29. The Morgan fingerprint density at radius 1 is 1.25 bits per heavy atom. The molecule has 0 aromatic heterocycles. The minimum Gasteiger partial charge on any atom is -0.385 e. The van der Waals surface area contributed by atoms with E-state index in [0.29, 0.717) is 5.92 Å². The second-order valence-corrected chi connectivity index (χ2v) is 4.96. The zero-order valence-electron chi connectivity index (χ0n) is 9.95. The van der Waals surface area contributed by atoms with Crippen molar-refractivity contribution in [2.24, 2.45) is 5.92 Å². The van der Waals surface area contributed by atoms with Crippen LogP contribution in [0.1, 0.15) is 43.7 Å². The molecular weight excluding hydrogens is 196 g/mol. The van der Waals surface area contributed by atoms with Crippen LogP contribution in [-0.4, -0.2) is 5.11 Å². The molecule has 1 atom stereocenters. The minimum absolute atomic E-state index is 0.419. The Kier molecular flexibility index (Phi) is 3.15. The van der Waals surface area contributed by atoms with Gasteiger partial charge in [-0.25, -0.2) is 0 Å². The van der Waals surface area contributed by atoms with E-state index in [1.807, 2.05) is 37.3 Å². The first kappa shape index (κ1) is 11.4. The Labute approximate surface area is 97.8 Å². The lowest BCUT2D eigenvalue weighted by atomic mass is 9.81. The molecule has 1 N–H and O–H groups in total. The average molecular weight is 216 g/mol. The van der Waals surface area contributed by atoms with Gasteiger partial charge in [0.25, 0.3) is 0 Å². The Morgan fingerprint density at radius 3 is 2.31 bits per heavy atom. The lowest BCUT2D eigenvalue weighted by Gasteiger charge is -2.30. The molecule has 16 heavy (non-hydrogen) atoms. The van der Waals surface area contributed by atoms with E-state index in [1.165, 1.54) is 12.8 Å². The summed E-state index contributed by atoms with van der Waals surface area (Å²) in [6.45, 7) is 5.69. The van der Waals surface area contributed by atoms with Crippen LogP contribution in [0.5, 0.6) is 0 Å². The van der Waals surface area contributed by atoms with Gasteiger partial charge in [0, 0.05) is 0 Å². The molecule has 1 aliphatic carbocycles. The van der Waals surface area contributed by atoms with Crippen LogP contribution >= 0.6 is 0 Å². The summed E-state index contributed by atoms with van der Waals surface area (Å²) in [6.07, 6.45) is 6.64. The molecule has 0 heterocycles. The van der Waals surface area contributed by atoms with Gasteiger partial charge >= 0.3 is 0 Å². The van der Waals surface area contributed by atoms with Crippen LogP contribution in [0.15, 0.2) is 30.8 Å². The topological polar surface area (TPSA) is 20.2 Å². The molecule has 1 heteroatoms. The highest BCUT2D eigenvalue weighted by atomic mass is 16.3. The number of rotatable bonds is 3. The van der Waals surface area contributed by atoms with Crippen molar-refractivity contribution in [1.82, 2.24) is 0 Å². The van der Waals surface area contributed by atoms with Crippen LogP contribution in [-0.2, 0) is 5.60 Å². The van der Waals surface area contributed by atoms with Crippen LogP contribution in [0.2, 0.25) is 0 Å². The van der Waals surface area contributed by atoms with E-state index >= 15 is 0 Å². The zero-order chi connectivity index (χ0) is 11.6. The summed E-state index contributed by atoms with van der Waals surface area (Å²) in [5.41, 5.74) is 1.46. The largest absolute Gasteiger partial charge is 0.385 e. The van der Waals surface area contributed by atoms with Gasteiger partial charge in [-0.3, -0.25) is 0 Å². The Hall–Kier alpha value is -1.08. The molecule has 1 unspecified atom stereocenters. The molecule has 0 bridgehead atoms. The van der Waals surface area contributed by atoms with Crippen molar-refractivity contribution in [1.29, 1.82) is 0 Å². The average Bonchev–Trinajstić information content (AvgIpc) is 2.83. The molecule has 1 nitrogen and oxygen atoms in total. The zero-order valence-corrected chi connectivity index (χ0v) is 9.95. The predicted molar refractivity (Wildman–Crippen MR) is 68.1 cm³/mol. The summed E-state index contributed by atoms with van der Waals surface area (Å²) in [5, 5.41) is 10.6. The smallest absolute Gasteiger partial charge is 0.0896 e. The molecule has 86 valence electrons. The van der Waals surface area contributed by atoms with E-state index in [4.69, 9.17) is 0 Å². The fraction of sp³-hybridized carbons (Fsp3) is 0.467. The SMILES string of the molecule is C=Cc1ccc(C(C)(O)C2CCCC2)cc1. The fourth-order valence-corrected chi connectivity index (χ4v) is 2.68. The van der Waals surface area contributed by atoms with Crippen LogP contribution in [0.4, 0.5) is 0 Å². The van der Waals surface area contributed by atoms with Gasteiger partial charge in [-0.05, 0) is 36.8 Å². The van der Waals surface area contributed by atoms with Crippen LogP contribution in [0.3, 0.4) is 0 Å². The van der Waals surface area contributed by atoms with Crippen LogP contribution in [0, 0.1) is 5.92 Å². The fourth-order valence-electron chi connectivity index (χ4n) is 2.68. The molecule has 0 spiro atoms. The van der Waals surface area contributed by atoms with Gasteiger partial charge in [-0.2, -0.15) is 0 Å². The number of hydrogen-bond donors (Lipinski definition) is 1. The van der Waals surface area contributed by atoms with Crippen molar-refractivity contribution in [2.45, 2.75) is 38.2 Å². The second-order valence-electron chi connectivity index (χ2n) is 4.96. The number of hydrogen-bond acceptors (Lipinski definition) is 1. The van der Waals surface area contributed by atoms with E-state index < -0.39 is 5.60 Å². The Bertz CT molecular complexity index is 356. The van der Waals surface area contributed by atoms with Crippen molar-refractivity contribution in [2.75, 3.05) is 0 Å². The Balaban J connectivity index is 2.23. The lowest BCUT2D eigenvalue weighted by molar-refractivity contribution is -0.00332. The third-order valence-corrected chi connectivity index (χ3v) is 3.88. The van der Waals surface area contributed by atoms with E-state index in [2.05, 4.69) is 6.58 Å². The summed E-state index contributed by atoms with van der Waals surface area (Å²) in [5.74, 6) is 0.419. The standard InChI is InChI=1S/C15H20O/c1-3-12-8-10-14(11-9-12)15(2,16)13-6-4-5-7-13/h3,8-11,13,16H,1,4-7H2,2H3. The van der Waals surface area contributed by atoms with Gasteiger partial charge in [0.2, 0.25) is 0 Å². The van der Waals surface area contributed by atoms with Crippen LogP contribution < -0.4 is 0 Å². The molecular formula is C15H20O. The maximum Gasteiger partial charge on any atom is 0.0896 e.